The Morgan fingerprint density at radius 1 is 1.27 bits per heavy atom. The number of hydrogen-bond donors (Lipinski definition) is 1. The molecule has 0 aliphatic heterocycles. The molecule has 0 bridgehead atoms. The fourth-order valence-corrected chi connectivity index (χ4v) is 6.63. The van der Waals surface area contributed by atoms with Gasteiger partial charge >= 0.3 is 0 Å². The Kier molecular flexibility index (Phi) is 7.34. The van der Waals surface area contributed by atoms with Crippen LogP contribution in [0.3, 0.4) is 0 Å². The Balaban J connectivity index is 1.77. The molecule has 0 aliphatic carbocycles. The van der Waals surface area contributed by atoms with Gasteiger partial charge in [-0.05, 0) is 56.7 Å². The Hall–Kier alpha value is -1.74. The lowest BCUT2D eigenvalue weighted by Gasteiger charge is -2.22. The van der Waals surface area contributed by atoms with Crippen LogP contribution in [0.5, 0.6) is 0 Å². The molecule has 0 spiro atoms. The molecule has 9 heteroatoms. The van der Waals surface area contributed by atoms with E-state index in [1.807, 2.05) is 12.1 Å². The van der Waals surface area contributed by atoms with E-state index < -0.39 is 10.0 Å². The van der Waals surface area contributed by atoms with E-state index in [0.29, 0.717) is 16.3 Å². The second-order valence-electron chi connectivity index (χ2n) is 6.66. The zero-order chi connectivity index (χ0) is 21.9. The number of fused-ring (bicyclic) bond motifs is 1. The van der Waals surface area contributed by atoms with E-state index in [-0.39, 0.29) is 4.90 Å². The summed E-state index contributed by atoms with van der Waals surface area (Å²) >= 11 is 9.27. The Labute approximate surface area is 191 Å². The number of anilines is 1. The maximum atomic E-state index is 12.8. The van der Waals surface area contributed by atoms with Gasteiger partial charge in [-0.15, -0.1) is 11.3 Å². The van der Waals surface area contributed by atoms with E-state index in [9.17, 15) is 8.42 Å². The normalized spacial score (nSPS) is 11.6. The third kappa shape index (κ3) is 5.11. The van der Waals surface area contributed by atoms with Gasteiger partial charge < -0.3 is 4.90 Å². The number of nitrogens with zero attached hydrogens (tertiary/aromatic N) is 2. The number of aromatic nitrogens is 1. The summed E-state index contributed by atoms with van der Waals surface area (Å²) in [7, 11) is -3.74. The van der Waals surface area contributed by atoms with Crippen molar-refractivity contribution in [3.63, 3.8) is 0 Å². The number of sulfonamides is 1. The standard InChI is InChI=1S/C21H24ClN3O2S3/c1-5-25(6-2)14(3)13-28-21-23-18-11-10-16(12-19(18)29-21)24-30(26,27)20-9-7-8-17(22)15(20)4/h7-12,24H,3,5-6,13H2,1-2,4H3. The molecule has 0 saturated heterocycles. The minimum Gasteiger partial charge on any atom is -0.375 e. The van der Waals surface area contributed by atoms with Gasteiger partial charge in [0.1, 0.15) is 0 Å². The lowest BCUT2D eigenvalue weighted by molar-refractivity contribution is 0.387. The second-order valence-corrected chi connectivity index (χ2v) is 11.0. The molecular weight excluding hydrogens is 458 g/mol. The van der Waals surface area contributed by atoms with E-state index in [0.717, 1.165) is 39.1 Å². The molecule has 30 heavy (non-hydrogen) atoms. The first-order chi connectivity index (χ1) is 14.2. The van der Waals surface area contributed by atoms with Crippen molar-refractivity contribution in [2.75, 3.05) is 23.6 Å². The molecule has 0 aliphatic rings. The summed E-state index contributed by atoms with van der Waals surface area (Å²) in [6, 6.07) is 10.2. The molecule has 1 heterocycles. The van der Waals surface area contributed by atoms with Gasteiger partial charge in [0.05, 0.1) is 20.8 Å². The molecular formula is C21H24ClN3O2S3. The Morgan fingerprint density at radius 3 is 2.70 bits per heavy atom. The van der Waals surface area contributed by atoms with Crippen molar-refractivity contribution in [3.05, 3.63) is 59.3 Å². The zero-order valence-corrected chi connectivity index (χ0v) is 20.3. The quantitative estimate of drug-likeness (QED) is 0.379. The minimum atomic E-state index is -3.74. The van der Waals surface area contributed by atoms with Crippen LogP contribution in [-0.2, 0) is 10.0 Å². The van der Waals surface area contributed by atoms with E-state index >= 15 is 0 Å². The van der Waals surface area contributed by atoms with Gasteiger partial charge in [-0.3, -0.25) is 4.72 Å². The molecule has 0 radical (unpaired) electrons. The second kappa shape index (κ2) is 9.60. The van der Waals surface area contributed by atoms with Crippen LogP contribution in [0, 0.1) is 6.92 Å². The van der Waals surface area contributed by atoms with Crippen molar-refractivity contribution in [2.24, 2.45) is 0 Å². The van der Waals surface area contributed by atoms with E-state index in [2.05, 4.69) is 35.0 Å². The summed E-state index contributed by atoms with van der Waals surface area (Å²) in [6.45, 7) is 12.0. The number of hydrogen-bond acceptors (Lipinski definition) is 6. The molecule has 0 fully saturated rings. The number of rotatable bonds is 9. The van der Waals surface area contributed by atoms with Crippen LogP contribution in [0.4, 0.5) is 5.69 Å². The molecule has 0 atom stereocenters. The van der Waals surface area contributed by atoms with Gasteiger partial charge in [0.15, 0.2) is 4.34 Å². The van der Waals surface area contributed by atoms with Gasteiger partial charge in [-0.1, -0.05) is 36.0 Å². The summed E-state index contributed by atoms with van der Waals surface area (Å²) in [5.74, 6) is 0.773. The van der Waals surface area contributed by atoms with Gasteiger partial charge in [-0.25, -0.2) is 13.4 Å². The molecule has 0 unspecified atom stereocenters. The van der Waals surface area contributed by atoms with Gasteiger partial charge in [0.25, 0.3) is 10.0 Å². The number of thioether (sulfide) groups is 1. The summed E-state index contributed by atoms with van der Waals surface area (Å²) in [5.41, 5.74) is 2.94. The monoisotopic (exact) mass is 481 g/mol. The fourth-order valence-electron chi connectivity index (χ4n) is 3.02. The summed E-state index contributed by atoms with van der Waals surface area (Å²) in [4.78, 5) is 7.04. The number of halogens is 1. The van der Waals surface area contributed by atoms with Crippen LogP contribution in [0.2, 0.25) is 5.02 Å². The highest BCUT2D eigenvalue weighted by Crippen LogP contribution is 2.33. The van der Waals surface area contributed by atoms with Crippen molar-refractivity contribution < 1.29 is 8.42 Å². The topological polar surface area (TPSA) is 62.3 Å². The predicted molar refractivity (Wildman–Crippen MR) is 129 cm³/mol. The van der Waals surface area contributed by atoms with Crippen molar-refractivity contribution in [2.45, 2.75) is 30.0 Å². The maximum absolute atomic E-state index is 12.8. The molecule has 3 rings (SSSR count). The fraction of sp³-hybridized carbons (Fsp3) is 0.286. The van der Waals surface area contributed by atoms with Crippen molar-refractivity contribution in [1.29, 1.82) is 0 Å². The maximum Gasteiger partial charge on any atom is 0.262 e. The highest BCUT2D eigenvalue weighted by atomic mass is 35.5. The lowest BCUT2D eigenvalue weighted by Crippen LogP contribution is -2.22. The molecule has 3 aromatic rings. The number of nitrogens with one attached hydrogen (secondary N) is 1. The van der Waals surface area contributed by atoms with Gasteiger partial charge in [0.2, 0.25) is 0 Å². The molecule has 1 aromatic heterocycles. The Bertz CT molecular complexity index is 1170. The third-order valence-corrected chi connectivity index (χ3v) is 8.87. The molecule has 0 amide bonds. The van der Waals surface area contributed by atoms with Crippen LogP contribution in [0.15, 0.2) is 57.9 Å². The average Bonchev–Trinajstić information content (AvgIpc) is 3.11. The first-order valence-electron chi connectivity index (χ1n) is 9.49. The Morgan fingerprint density at radius 2 is 2.00 bits per heavy atom. The van der Waals surface area contributed by atoms with Crippen molar-refractivity contribution >= 4 is 60.6 Å². The van der Waals surface area contributed by atoms with E-state index in [1.54, 1.807) is 54.3 Å². The largest absolute Gasteiger partial charge is 0.375 e. The van der Waals surface area contributed by atoms with Gasteiger partial charge in [-0.2, -0.15) is 0 Å². The smallest absolute Gasteiger partial charge is 0.262 e. The number of benzene rings is 2. The van der Waals surface area contributed by atoms with Gasteiger partial charge in [0, 0.05) is 29.6 Å². The third-order valence-electron chi connectivity index (χ3n) is 4.70. The lowest BCUT2D eigenvalue weighted by atomic mass is 10.2. The minimum absolute atomic E-state index is 0.172. The first-order valence-corrected chi connectivity index (χ1v) is 13.2. The van der Waals surface area contributed by atoms with Crippen LogP contribution in [-0.4, -0.2) is 37.1 Å². The predicted octanol–water partition coefficient (Wildman–Crippen LogP) is 6.01. The van der Waals surface area contributed by atoms with Crippen molar-refractivity contribution in [3.8, 4) is 0 Å². The summed E-state index contributed by atoms with van der Waals surface area (Å²) in [5, 5.41) is 0.420. The van der Waals surface area contributed by atoms with E-state index in [4.69, 9.17) is 11.6 Å². The molecule has 2 aromatic carbocycles. The molecule has 1 N–H and O–H groups in total. The highest BCUT2D eigenvalue weighted by Gasteiger charge is 2.19. The first kappa shape index (κ1) is 22.9. The van der Waals surface area contributed by atoms with Crippen LogP contribution >= 0.6 is 34.7 Å². The average molecular weight is 482 g/mol. The zero-order valence-electron chi connectivity index (χ0n) is 17.1. The van der Waals surface area contributed by atoms with Crippen LogP contribution < -0.4 is 4.72 Å². The molecule has 160 valence electrons. The van der Waals surface area contributed by atoms with Crippen LogP contribution in [0.25, 0.3) is 10.2 Å². The number of thiazole rings is 1. The van der Waals surface area contributed by atoms with Crippen LogP contribution in [0.1, 0.15) is 19.4 Å². The highest BCUT2D eigenvalue weighted by molar-refractivity contribution is 8.01. The SMILES string of the molecule is C=C(CSc1nc2ccc(NS(=O)(=O)c3cccc(Cl)c3C)cc2s1)N(CC)CC. The van der Waals surface area contributed by atoms with E-state index in [1.165, 1.54) is 0 Å². The summed E-state index contributed by atoms with van der Waals surface area (Å²) in [6.07, 6.45) is 0. The molecule has 5 nitrogen and oxygen atoms in total. The molecule has 0 saturated carbocycles. The summed E-state index contributed by atoms with van der Waals surface area (Å²) < 4.78 is 30.1. The van der Waals surface area contributed by atoms with Crippen molar-refractivity contribution in [1.82, 2.24) is 9.88 Å².